The largest absolute Gasteiger partial charge is 0.354 e. The molecule has 1 N–H and O–H groups in total. The third-order valence-electron chi connectivity index (χ3n) is 2.65. The first-order chi connectivity index (χ1) is 8.56. The molecule has 0 aliphatic carbocycles. The van der Waals surface area contributed by atoms with Crippen molar-refractivity contribution < 1.29 is 0 Å². The van der Waals surface area contributed by atoms with Crippen LogP contribution in [0.5, 0.6) is 0 Å². The SMILES string of the molecule is CC(C)c1nsc(NC(C)c2cccc(Cl)c2)n1. The number of nitrogens with zero attached hydrogens (tertiary/aromatic N) is 2. The number of rotatable bonds is 4. The van der Waals surface area contributed by atoms with E-state index in [1.54, 1.807) is 0 Å². The van der Waals surface area contributed by atoms with Gasteiger partial charge in [0.15, 0.2) is 0 Å². The molecule has 0 amide bonds. The highest BCUT2D eigenvalue weighted by Gasteiger charge is 2.11. The Labute approximate surface area is 116 Å². The Kier molecular flexibility index (Phi) is 4.19. The topological polar surface area (TPSA) is 37.8 Å². The number of benzene rings is 1. The van der Waals surface area contributed by atoms with E-state index in [0.29, 0.717) is 5.92 Å². The van der Waals surface area contributed by atoms with E-state index in [4.69, 9.17) is 11.6 Å². The molecule has 1 heterocycles. The average molecular weight is 282 g/mol. The summed E-state index contributed by atoms with van der Waals surface area (Å²) in [6, 6.07) is 8.00. The van der Waals surface area contributed by atoms with Crippen LogP contribution in [0.4, 0.5) is 5.13 Å². The molecule has 1 atom stereocenters. The van der Waals surface area contributed by atoms with Crippen LogP contribution in [0.3, 0.4) is 0 Å². The van der Waals surface area contributed by atoms with E-state index < -0.39 is 0 Å². The second kappa shape index (κ2) is 5.67. The van der Waals surface area contributed by atoms with Crippen molar-refractivity contribution in [2.24, 2.45) is 0 Å². The third-order valence-corrected chi connectivity index (χ3v) is 3.54. The summed E-state index contributed by atoms with van der Waals surface area (Å²) in [4.78, 5) is 4.46. The maximum absolute atomic E-state index is 5.98. The normalized spacial score (nSPS) is 12.7. The van der Waals surface area contributed by atoms with Crippen LogP contribution in [0.15, 0.2) is 24.3 Å². The van der Waals surface area contributed by atoms with Crippen LogP contribution < -0.4 is 5.32 Å². The van der Waals surface area contributed by atoms with Gasteiger partial charge in [-0.05, 0) is 24.6 Å². The van der Waals surface area contributed by atoms with E-state index in [1.165, 1.54) is 11.5 Å². The maximum atomic E-state index is 5.98. The maximum Gasteiger partial charge on any atom is 0.203 e. The van der Waals surface area contributed by atoms with Gasteiger partial charge in [0.25, 0.3) is 0 Å². The Morgan fingerprint density at radius 3 is 2.67 bits per heavy atom. The molecule has 0 aliphatic heterocycles. The minimum absolute atomic E-state index is 0.164. The first-order valence-electron chi connectivity index (χ1n) is 5.92. The van der Waals surface area contributed by atoms with Crippen LogP contribution in [0, 0.1) is 0 Å². The second-order valence-electron chi connectivity index (χ2n) is 4.53. The van der Waals surface area contributed by atoms with Gasteiger partial charge in [0.1, 0.15) is 5.82 Å². The zero-order valence-electron chi connectivity index (χ0n) is 10.6. The van der Waals surface area contributed by atoms with E-state index in [1.807, 2.05) is 24.3 Å². The molecule has 2 rings (SSSR count). The fourth-order valence-corrected chi connectivity index (χ4v) is 2.57. The van der Waals surface area contributed by atoms with Gasteiger partial charge in [0.2, 0.25) is 5.13 Å². The van der Waals surface area contributed by atoms with Crippen molar-refractivity contribution in [3.63, 3.8) is 0 Å². The Morgan fingerprint density at radius 1 is 1.28 bits per heavy atom. The highest BCUT2D eigenvalue weighted by atomic mass is 35.5. The lowest BCUT2D eigenvalue weighted by Gasteiger charge is -2.13. The molecular formula is C13H16ClN3S. The monoisotopic (exact) mass is 281 g/mol. The zero-order valence-corrected chi connectivity index (χ0v) is 12.2. The summed E-state index contributed by atoms with van der Waals surface area (Å²) < 4.78 is 4.32. The van der Waals surface area contributed by atoms with Gasteiger partial charge >= 0.3 is 0 Å². The summed E-state index contributed by atoms with van der Waals surface area (Å²) in [6.07, 6.45) is 0. The smallest absolute Gasteiger partial charge is 0.203 e. The molecule has 0 aliphatic rings. The lowest BCUT2D eigenvalue weighted by atomic mass is 10.1. The number of hydrogen-bond acceptors (Lipinski definition) is 4. The van der Waals surface area contributed by atoms with Gasteiger partial charge in [-0.3, -0.25) is 0 Å². The summed E-state index contributed by atoms with van der Waals surface area (Å²) in [5.41, 5.74) is 1.14. The lowest BCUT2D eigenvalue weighted by molar-refractivity contribution is 0.795. The fourth-order valence-electron chi connectivity index (χ4n) is 1.57. The first kappa shape index (κ1) is 13.3. The molecule has 5 heteroatoms. The quantitative estimate of drug-likeness (QED) is 0.897. The molecule has 0 saturated heterocycles. The van der Waals surface area contributed by atoms with Gasteiger partial charge in [0.05, 0.1) is 6.04 Å². The van der Waals surface area contributed by atoms with Crippen LogP contribution in [-0.2, 0) is 0 Å². The predicted molar refractivity (Wildman–Crippen MR) is 77.5 cm³/mol. The Bertz CT molecular complexity index is 524. The molecule has 2 aromatic rings. The molecule has 96 valence electrons. The van der Waals surface area contributed by atoms with Crippen molar-refractivity contribution in [3.05, 3.63) is 40.7 Å². The summed E-state index contributed by atoms with van der Waals surface area (Å²) in [7, 11) is 0. The van der Waals surface area contributed by atoms with Crippen molar-refractivity contribution in [1.82, 2.24) is 9.36 Å². The standard InChI is InChI=1S/C13H16ClN3S/c1-8(2)12-16-13(18-17-12)15-9(3)10-5-4-6-11(14)7-10/h4-9H,1-3H3,(H,15,16,17). The van der Waals surface area contributed by atoms with E-state index in [-0.39, 0.29) is 6.04 Å². The Balaban J connectivity index is 2.08. The fraction of sp³-hybridized carbons (Fsp3) is 0.385. The molecule has 3 nitrogen and oxygen atoms in total. The summed E-state index contributed by atoms with van der Waals surface area (Å²) in [6.45, 7) is 6.26. The van der Waals surface area contributed by atoms with Gasteiger partial charge in [-0.25, -0.2) is 4.98 Å². The summed E-state index contributed by atoms with van der Waals surface area (Å²) in [5.74, 6) is 1.25. The number of anilines is 1. The Hall–Kier alpha value is -1.13. The van der Waals surface area contributed by atoms with Crippen molar-refractivity contribution >= 4 is 28.3 Å². The molecule has 1 aromatic heterocycles. The van der Waals surface area contributed by atoms with Crippen molar-refractivity contribution in [2.75, 3.05) is 5.32 Å². The van der Waals surface area contributed by atoms with Crippen LogP contribution >= 0.6 is 23.1 Å². The van der Waals surface area contributed by atoms with E-state index >= 15 is 0 Å². The minimum Gasteiger partial charge on any atom is -0.354 e. The Morgan fingerprint density at radius 2 is 2.06 bits per heavy atom. The highest BCUT2D eigenvalue weighted by Crippen LogP contribution is 2.24. The average Bonchev–Trinajstić information content (AvgIpc) is 2.77. The van der Waals surface area contributed by atoms with Gasteiger partial charge in [-0.1, -0.05) is 37.6 Å². The zero-order chi connectivity index (χ0) is 13.1. The molecule has 1 aromatic carbocycles. The lowest BCUT2D eigenvalue weighted by Crippen LogP contribution is -2.06. The van der Waals surface area contributed by atoms with Gasteiger partial charge < -0.3 is 5.32 Å². The van der Waals surface area contributed by atoms with Crippen molar-refractivity contribution in [3.8, 4) is 0 Å². The molecule has 1 unspecified atom stereocenters. The van der Waals surface area contributed by atoms with Crippen molar-refractivity contribution in [1.29, 1.82) is 0 Å². The molecule has 0 spiro atoms. The van der Waals surface area contributed by atoms with Gasteiger partial charge in [0, 0.05) is 22.5 Å². The number of aromatic nitrogens is 2. The molecular weight excluding hydrogens is 266 g/mol. The summed E-state index contributed by atoms with van der Waals surface area (Å²) >= 11 is 7.38. The highest BCUT2D eigenvalue weighted by molar-refractivity contribution is 7.09. The van der Waals surface area contributed by atoms with Crippen LogP contribution in [0.25, 0.3) is 0 Å². The van der Waals surface area contributed by atoms with E-state index in [0.717, 1.165) is 21.5 Å². The molecule has 0 radical (unpaired) electrons. The predicted octanol–water partition coefficient (Wildman–Crippen LogP) is 4.49. The number of halogens is 1. The van der Waals surface area contributed by atoms with Crippen molar-refractivity contribution in [2.45, 2.75) is 32.7 Å². The van der Waals surface area contributed by atoms with Crippen LogP contribution in [0.2, 0.25) is 5.02 Å². The molecule has 0 fully saturated rings. The molecule has 0 bridgehead atoms. The minimum atomic E-state index is 0.164. The number of nitrogens with one attached hydrogen (secondary N) is 1. The summed E-state index contributed by atoms with van der Waals surface area (Å²) in [5, 5.41) is 4.95. The van der Waals surface area contributed by atoms with E-state index in [2.05, 4.69) is 35.4 Å². The van der Waals surface area contributed by atoms with E-state index in [9.17, 15) is 0 Å². The first-order valence-corrected chi connectivity index (χ1v) is 7.07. The molecule has 0 saturated carbocycles. The van der Waals surface area contributed by atoms with Gasteiger partial charge in [-0.2, -0.15) is 4.37 Å². The molecule has 18 heavy (non-hydrogen) atoms. The third kappa shape index (κ3) is 3.21. The number of hydrogen-bond donors (Lipinski definition) is 1. The van der Waals surface area contributed by atoms with Crippen LogP contribution in [0.1, 0.15) is 44.1 Å². The van der Waals surface area contributed by atoms with Crippen LogP contribution in [-0.4, -0.2) is 9.36 Å². The second-order valence-corrected chi connectivity index (χ2v) is 5.72. The van der Waals surface area contributed by atoms with Gasteiger partial charge in [-0.15, -0.1) is 0 Å².